The number of imide groups is 1. The Kier molecular flexibility index (Phi) is 3.60. The summed E-state index contributed by atoms with van der Waals surface area (Å²) in [5.41, 5.74) is 3.90. The van der Waals surface area contributed by atoms with E-state index < -0.39 is 0 Å². The molecule has 1 aliphatic rings. The zero-order valence-electron chi connectivity index (χ0n) is 10.7. The smallest absolute Gasteiger partial charge is 0.254 e. The number of nitrogens with one attached hydrogen (secondary N) is 1. The van der Waals surface area contributed by atoms with Gasteiger partial charge in [0, 0.05) is 5.57 Å². The minimum Gasteiger partial charge on any atom is -0.292 e. The van der Waals surface area contributed by atoms with Gasteiger partial charge in [0.2, 0.25) is 5.91 Å². The van der Waals surface area contributed by atoms with Crippen molar-refractivity contribution in [2.24, 2.45) is 0 Å². The Morgan fingerprint density at radius 2 is 1.83 bits per heavy atom. The molecule has 1 aromatic carbocycles. The molecule has 18 heavy (non-hydrogen) atoms. The average molecular weight is 243 g/mol. The van der Waals surface area contributed by atoms with Crippen LogP contribution in [0.4, 0.5) is 0 Å². The molecule has 1 saturated heterocycles. The first-order valence-corrected chi connectivity index (χ1v) is 6.31. The van der Waals surface area contributed by atoms with Crippen molar-refractivity contribution >= 4 is 17.4 Å². The van der Waals surface area contributed by atoms with Crippen LogP contribution in [0.15, 0.2) is 29.8 Å². The van der Waals surface area contributed by atoms with E-state index in [0.29, 0.717) is 5.57 Å². The largest absolute Gasteiger partial charge is 0.292 e. The molecular weight excluding hydrogens is 226 g/mol. The van der Waals surface area contributed by atoms with Gasteiger partial charge in [0.15, 0.2) is 0 Å². The lowest BCUT2D eigenvalue weighted by Crippen LogP contribution is -2.19. The number of carbonyl (C=O) groups excluding carboxylic acids is 2. The molecule has 1 fully saturated rings. The van der Waals surface area contributed by atoms with Crippen LogP contribution in [-0.2, 0) is 16.0 Å². The quantitative estimate of drug-likeness (QED) is 0.654. The second kappa shape index (κ2) is 5.17. The first-order valence-electron chi connectivity index (χ1n) is 6.31. The molecule has 0 spiro atoms. The van der Waals surface area contributed by atoms with E-state index in [-0.39, 0.29) is 18.2 Å². The Morgan fingerprint density at radius 1 is 1.17 bits per heavy atom. The standard InChI is InChI=1S/C15H17NO2/c1-3-10-5-7-11(8-6-10)12(4-2)13-9-14(17)16-15(13)18/h5-8H,3-4,9H2,1-2H3,(H,16,17,18). The molecule has 1 heterocycles. The second-order valence-electron chi connectivity index (χ2n) is 4.42. The summed E-state index contributed by atoms with van der Waals surface area (Å²) >= 11 is 0. The molecule has 0 radical (unpaired) electrons. The van der Waals surface area contributed by atoms with Crippen LogP contribution in [0.3, 0.4) is 0 Å². The highest BCUT2D eigenvalue weighted by Gasteiger charge is 2.26. The van der Waals surface area contributed by atoms with E-state index in [4.69, 9.17) is 0 Å². The minimum absolute atomic E-state index is 0.203. The van der Waals surface area contributed by atoms with E-state index in [0.717, 1.165) is 24.0 Å². The van der Waals surface area contributed by atoms with Crippen LogP contribution in [0.25, 0.3) is 5.57 Å². The predicted molar refractivity (Wildman–Crippen MR) is 70.8 cm³/mol. The highest BCUT2D eigenvalue weighted by molar-refractivity contribution is 6.17. The fraction of sp³-hybridized carbons (Fsp3) is 0.333. The Bertz CT molecular complexity index is 512. The van der Waals surface area contributed by atoms with Crippen LogP contribution in [0, 0.1) is 0 Å². The molecule has 94 valence electrons. The Balaban J connectivity index is 2.41. The zero-order valence-corrected chi connectivity index (χ0v) is 10.7. The maximum atomic E-state index is 11.7. The lowest BCUT2D eigenvalue weighted by Gasteiger charge is -2.08. The van der Waals surface area contributed by atoms with E-state index in [1.165, 1.54) is 5.56 Å². The van der Waals surface area contributed by atoms with Gasteiger partial charge in [-0.05, 0) is 29.5 Å². The summed E-state index contributed by atoms with van der Waals surface area (Å²) in [6.45, 7) is 4.11. The van der Waals surface area contributed by atoms with Crippen molar-refractivity contribution in [3.05, 3.63) is 41.0 Å². The zero-order chi connectivity index (χ0) is 13.1. The number of rotatable bonds is 3. The van der Waals surface area contributed by atoms with E-state index in [1.807, 2.05) is 19.1 Å². The van der Waals surface area contributed by atoms with Gasteiger partial charge in [-0.3, -0.25) is 14.9 Å². The lowest BCUT2D eigenvalue weighted by atomic mass is 9.95. The van der Waals surface area contributed by atoms with E-state index in [9.17, 15) is 9.59 Å². The van der Waals surface area contributed by atoms with Crippen molar-refractivity contribution in [2.75, 3.05) is 0 Å². The average Bonchev–Trinajstić information content (AvgIpc) is 2.70. The first kappa shape index (κ1) is 12.6. The summed E-state index contributed by atoms with van der Waals surface area (Å²) in [6.07, 6.45) is 1.95. The monoisotopic (exact) mass is 243 g/mol. The van der Waals surface area contributed by atoms with Gasteiger partial charge in [-0.15, -0.1) is 0 Å². The third-order valence-corrected chi connectivity index (χ3v) is 3.29. The summed E-state index contributed by atoms with van der Waals surface area (Å²) < 4.78 is 0. The van der Waals surface area contributed by atoms with Gasteiger partial charge in [-0.25, -0.2) is 0 Å². The number of carbonyl (C=O) groups is 2. The lowest BCUT2D eigenvalue weighted by molar-refractivity contribution is -0.124. The van der Waals surface area contributed by atoms with Gasteiger partial charge in [-0.1, -0.05) is 38.1 Å². The molecule has 0 unspecified atom stereocenters. The number of allylic oxidation sites excluding steroid dienone is 1. The number of benzene rings is 1. The molecule has 3 nitrogen and oxygen atoms in total. The number of hydrogen-bond donors (Lipinski definition) is 1. The summed E-state index contributed by atoms with van der Waals surface area (Å²) in [5.74, 6) is -0.442. The van der Waals surface area contributed by atoms with Crippen LogP contribution in [0.2, 0.25) is 0 Å². The molecule has 0 atom stereocenters. The van der Waals surface area contributed by atoms with Crippen molar-refractivity contribution in [3.63, 3.8) is 0 Å². The molecule has 1 aromatic rings. The van der Waals surface area contributed by atoms with Crippen molar-refractivity contribution in [2.45, 2.75) is 33.1 Å². The Hall–Kier alpha value is -1.90. The molecule has 0 aromatic heterocycles. The van der Waals surface area contributed by atoms with Gasteiger partial charge in [0.25, 0.3) is 5.91 Å². The maximum absolute atomic E-state index is 11.7. The Morgan fingerprint density at radius 3 is 2.28 bits per heavy atom. The molecule has 0 saturated carbocycles. The van der Waals surface area contributed by atoms with Crippen LogP contribution in [0.1, 0.15) is 37.8 Å². The summed E-state index contributed by atoms with van der Waals surface area (Å²) in [5, 5.41) is 2.34. The molecule has 0 aliphatic carbocycles. The Labute approximate surface area is 107 Å². The second-order valence-corrected chi connectivity index (χ2v) is 4.42. The van der Waals surface area contributed by atoms with E-state index >= 15 is 0 Å². The van der Waals surface area contributed by atoms with Gasteiger partial charge in [0.05, 0.1) is 6.42 Å². The molecule has 1 aliphatic heterocycles. The van der Waals surface area contributed by atoms with Gasteiger partial charge >= 0.3 is 0 Å². The van der Waals surface area contributed by atoms with Gasteiger partial charge in [0.1, 0.15) is 0 Å². The highest BCUT2D eigenvalue weighted by atomic mass is 16.2. The normalized spacial score (nSPS) is 17.9. The molecule has 2 rings (SSSR count). The predicted octanol–water partition coefficient (Wildman–Crippen LogP) is 2.46. The van der Waals surface area contributed by atoms with Crippen LogP contribution in [-0.4, -0.2) is 11.8 Å². The fourth-order valence-electron chi connectivity index (χ4n) is 2.26. The number of aryl methyl sites for hydroxylation is 1. The molecular formula is C15H17NO2. The third kappa shape index (κ3) is 2.35. The van der Waals surface area contributed by atoms with Crippen molar-refractivity contribution in [1.29, 1.82) is 0 Å². The van der Waals surface area contributed by atoms with E-state index in [1.54, 1.807) is 0 Å². The summed E-state index contributed by atoms with van der Waals surface area (Å²) in [4.78, 5) is 22.9. The van der Waals surface area contributed by atoms with Crippen molar-refractivity contribution in [1.82, 2.24) is 5.32 Å². The van der Waals surface area contributed by atoms with Crippen molar-refractivity contribution < 1.29 is 9.59 Å². The SMILES string of the molecule is CCC(=C1CC(=O)NC1=O)c1ccc(CC)cc1. The maximum Gasteiger partial charge on any atom is 0.254 e. The molecule has 0 bridgehead atoms. The van der Waals surface area contributed by atoms with Crippen molar-refractivity contribution in [3.8, 4) is 0 Å². The fourth-order valence-corrected chi connectivity index (χ4v) is 2.26. The minimum atomic E-state index is -0.239. The van der Waals surface area contributed by atoms with E-state index in [2.05, 4.69) is 24.4 Å². The van der Waals surface area contributed by atoms with Crippen LogP contribution >= 0.6 is 0 Å². The molecule has 2 amide bonds. The number of amides is 2. The summed E-state index contributed by atoms with van der Waals surface area (Å²) in [7, 11) is 0. The number of hydrogen-bond acceptors (Lipinski definition) is 2. The van der Waals surface area contributed by atoms with Crippen LogP contribution < -0.4 is 5.32 Å². The topological polar surface area (TPSA) is 46.2 Å². The van der Waals surface area contributed by atoms with Crippen LogP contribution in [0.5, 0.6) is 0 Å². The summed E-state index contributed by atoms with van der Waals surface area (Å²) in [6, 6.07) is 8.20. The highest BCUT2D eigenvalue weighted by Crippen LogP contribution is 2.27. The van der Waals surface area contributed by atoms with Gasteiger partial charge < -0.3 is 0 Å². The third-order valence-electron chi connectivity index (χ3n) is 3.29. The van der Waals surface area contributed by atoms with Gasteiger partial charge in [-0.2, -0.15) is 0 Å². The molecule has 3 heteroatoms. The molecule has 1 N–H and O–H groups in total. The first-order chi connectivity index (χ1) is 8.65.